The first-order chi connectivity index (χ1) is 12.8. The van der Waals surface area contributed by atoms with E-state index in [2.05, 4.69) is 26.8 Å². The highest BCUT2D eigenvalue weighted by atomic mass is 32.1. The molecular weight excluding hydrogens is 336 g/mol. The summed E-state index contributed by atoms with van der Waals surface area (Å²) >= 11 is 4.34. The van der Waals surface area contributed by atoms with Gasteiger partial charge in [-0.2, -0.15) is 0 Å². The molecule has 0 heterocycles. The van der Waals surface area contributed by atoms with Crippen LogP contribution in [0.25, 0.3) is 0 Å². The van der Waals surface area contributed by atoms with E-state index in [0.29, 0.717) is 0 Å². The van der Waals surface area contributed by atoms with E-state index in [9.17, 15) is 0 Å². The Morgan fingerprint density at radius 3 is 1.27 bits per heavy atom. The molecule has 2 heteroatoms. The average Bonchev–Trinajstić information content (AvgIpc) is 3.50. The third-order valence-electron chi connectivity index (χ3n) is 6.41. The third kappa shape index (κ3) is 11.2. The smallest absolute Gasteiger partial charge is 0.0853 e. The second-order valence-corrected chi connectivity index (χ2v) is 9.06. The summed E-state index contributed by atoms with van der Waals surface area (Å²) in [4.78, 5) is 0. The molecule has 1 aliphatic rings. The number of hydrogen-bond donors (Lipinski definition) is 1. The number of rotatable bonds is 20. The van der Waals surface area contributed by atoms with E-state index in [4.69, 9.17) is 4.18 Å². The van der Waals surface area contributed by atoms with E-state index in [1.165, 1.54) is 128 Å². The van der Waals surface area contributed by atoms with E-state index in [1.54, 1.807) is 0 Å². The first-order valence-electron chi connectivity index (χ1n) is 12.1. The fourth-order valence-electron chi connectivity index (χ4n) is 4.42. The summed E-state index contributed by atoms with van der Waals surface area (Å²) in [5.74, 6) is 0.800. The van der Waals surface area contributed by atoms with Gasteiger partial charge in [-0.3, -0.25) is 0 Å². The molecule has 0 saturated heterocycles. The SMILES string of the molecule is CCCCCCCCCCC(CCCCCCCCCC)(OS)C1CC1. The topological polar surface area (TPSA) is 9.23 Å². The van der Waals surface area contributed by atoms with Gasteiger partial charge in [0.05, 0.1) is 5.60 Å². The van der Waals surface area contributed by atoms with Crippen molar-refractivity contribution in [2.45, 2.75) is 148 Å². The summed E-state index contributed by atoms with van der Waals surface area (Å²) in [6.07, 6.45) is 27.6. The first-order valence-corrected chi connectivity index (χ1v) is 12.5. The highest BCUT2D eigenvalue weighted by Gasteiger charge is 2.45. The molecule has 0 N–H and O–H groups in total. The minimum atomic E-state index is 0.105. The van der Waals surface area contributed by atoms with Crippen LogP contribution in [0.1, 0.15) is 142 Å². The molecule has 0 aromatic heterocycles. The minimum Gasteiger partial charge on any atom is -0.312 e. The molecule has 0 unspecified atom stereocenters. The van der Waals surface area contributed by atoms with E-state index in [1.807, 2.05) is 0 Å². The molecule has 156 valence electrons. The molecule has 0 amide bonds. The van der Waals surface area contributed by atoms with Crippen LogP contribution in [-0.2, 0) is 4.18 Å². The molecule has 26 heavy (non-hydrogen) atoms. The molecule has 1 nitrogen and oxygen atoms in total. The monoisotopic (exact) mass is 384 g/mol. The quantitative estimate of drug-likeness (QED) is 0.125. The van der Waals surface area contributed by atoms with Crippen LogP contribution >= 0.6 is 12.9 Å². The fraction of sp³-hybridized carbons (Fsp3) is 1.00. The van der Waals surface area contributed by atoms with Gasteiger partial charge in [0.2, 0.25) is 0 Å². The highest BCUT2D eigenvalue weighted by Crippen LogP contribution is 2.48. The van der Waals surface area contributed by atoms with Gasteiger partial charge in [-0.15, -0.1) is 0 Å². The van der Waals surface area contributed by atoms with Gasteiger partial charge in [0.1, 0.15) is 0 Å². The zero-order valence-electron chi connectivity index (χ0n) is 18.1. The summed E-state index contributed by atoms with van der Waals surface area (Å²) in [5, 5.41) is 0. The number of hydrogen-bond acceptors (Lipinski definition) is 2. The Bertz CT molecular complexity index is 281. The number of thiol groups is 1. The van der Waals surface area contributed by atoms with Gasteiger partial charge in [0.15, 0.2) is 0 Å². The minimum absolute atomic E-state index is 0.105. The van der Waals surface area contributed by atoms with Gasteiger partial charge in [-0.05, 0) is 44.5 Å². The molecule has 0 radical (unpaired) electrons. The summed E-state index contributed by atoms with van der Waals surface area (Å²) in [5.41, 5.74) is 0.105. The second-order valence-electron chi connectivity index (χ2n) is 8.88. The maximum atomic E-state index is 5.88. The molecule has 0 aromatic carbocycles. The van der Waals surface area contributed by atoms with Crippen molar-refractivity contribution in [1.82, 2.24) is 0 Å². The normalized spacial score (nSPS) is 14.9. The molecule has 1 aliphatic carbocycles. The Hall–Kier alpha value is 0.310. The van der Waals surface area contributed by atoms with Crippen molar-refractivity contribution in [2.24, 2.45) is 5.92 Å². The van der Waals surface area contributed by atoms with Crippen molar-refractivity contribution in [1.29, 1.82) is 0 Å². The standard InChI is InChI=1S/C24H48OS/c1-3-5-7-9-11-13-15-17-21-24(25-26,23-19-20-23)22-18-16-14-12-10-8-6-4-2/h23,26H,3-22H2,1-2H3. The Balaban J connectivity index is 2.11. The maximum absolute atomic E-state index is 5.88. The summed E-state index contributed by atoms with van der Waals surface area (Å²) in [7, 11) is 0. The fourth-order valence-corrected chi connectivity index (χ4v) is 4.76. The second kappa shape index (κ2) is 16.3. The zero-order valence-corrected chi connectivity index (χ0v) is 19.0. The van der Waals surface area contributed by atoms with Crippen LogP contribution in [0.15, 0.2) is 0 Å². The summed E-state index contributed by atoms with van der Waals surface area (Å²) in [6, 6.07) is 0. The van der Waals surface area contributed by atoms with Crippen LogP contribution in [0.2, 0.25) is 0 Å². The molecule has 1 saturated carbocycles. The molecule has 0 aromatic rings. The molecule has 0 spiro atoms. The van der Waals surface area contributed by atoms with E-state index >= 15 is 0 Å². The van der Waals surface area contributed by atoms with Crippen LogP contribution in [0.4, 0.5) is 0 Å². The lowest BCUT2D eigenvalue weighted by atomic mass is 9.85. The molecule has 0 aliphatic heterocycles. The Kier molecular flexibility index (Phi) is 15.2. The van der Waals surface area contributed by atoms with Gasteiger partial charge >= 0.3 is 0 Å². The lowest BCUT2D eigenvalue weighted by Crippen LogP contribution is -2.32. The van der Waals surface area contributed by atoms with E-state index in [-0.39, 0.29) is 5.60 Å². The lowest BCUT2D eigenvalue weighted by Gasteiger charge is -2.32. The summed E-state index contributed by atoms with van der Waals surface area (Å²) < 4.78 is 5.88. The Morgan fingerprint density at radius 2 is 0.962 bits per heavy atom. The lowest BCUT2D eigenvalue weighted by molar-refractivity contribution is 0.0470. The third-order valence-corrected chi connectivity index (χ3v) is 6.77. The Morgan fingerprint density at radius 1 is 0.615 bits per heavy atom. The molecule has 0 bridgehead atoms. The van der Waals surface area contributed by atoms with Gasteiger partial charge in [0, 0.05) is 0 Å². The Labute approximate surface area is 171 Å². The maximum Gasteiger partial charge on any atom is 0.0853 e. The van der Waals surface area contributed by atoms with Gasteiger partial charge < -0.3 is 4.18 Å². The van der Waals surface area contributed by atoms with Gasteiger partial charge in [0.25, 0.3) is 0 Å². The number of unbranched alkanes of at least 4 members (excludes halogenated alkanes) is 14. The van der Waals surface area contributed by atoms with Crippen LogP contribution < -0.4 is 0 Å². The van der Waals surface area contributed by atoms with Crippen molar-refractivity contribution in [3.8, 4) is 0 Å². The van der Waals surface area contributed by atoms with Gasteiger partial charge in [-0.1, -0.05) is 117 Å². The van der Waals surface area contributed by atoms with E-state index < -0.39 is 0 Å². The highest BCUT2D eigenvalue weighted by molar-refractivity contribution is 7.75. The molecule has 0 atom stereocenters. The average molecular weight is 385 g/mol. The van der Waals surface area contributed by atoms with Crippen molar-refractivity contribution < 1.29 is 4.18 Å². The predicted molar refractivity (Wildman–Crippen MR) is 120 cm³/mol. The van der Waals surface area contributed by atoms with Crippen molar-refractivity contribution in [3.05, 3.63) is 0 Å². The van der Waals surface area contributed by atoms with Crippen molar-refractivity contribution in [2.75, 3.05) is 0 Å². The van der Waals surface area contributed by atoms with Crippen LogP contribution in [-0.4, -0.2) is 5.60 Å². The van der Waals surface area contributed by atoms with E-state index in [0.717, 1.165) is 5.92 Å². The van der Waals surface area contributed by atoms with Crippen LogP contribution in [0.5, 0.6) is 0 Å². The van der Waals surface area contributed by atoms with Crippen LogP contribution in [0, 0.1) is 5.92 Å². The van der Waals surface area contributed by atoms with Gasteiger partial charge in [-0.25, -0.2) is 0 Å². The summed E-state index contributed by atoms with van der Waals surface area (Å²) in [6.45, 7) is 4.59. The molecule has 1 rings (SSSR count). The predicted octanol–water partition coefficient (Wildman–Crippen LogP) is 9.06. The molecule has 1 fully saturated rings. The van der Waals surface area contributed by atoms with Crippen LogP contribution in [0.3, 0.4) is 0 Å². The first kappa shape index (κ1) is 24.3. The van der Waals surface area contributed by atoms with Crippen molar-refractivity contribution in [3.63, 3.8) is 0 Å². The molecular formula is C24H48OS. The van der Waals surface area contributed by atoms with Crippen molar-refractivity contribution >= 4 is 12.9 Å². The largest absolute Gasteiger partial charge is 0.312 e. The zero-order chi connectivity index (χ0) is 18.9.